The van der Waals surface area contributed by atoms with E-state index in [9.17, 15) is 19.2 Å². The Morgan fingerprint density at radius 1 is 0.893 bits per heavy atom. The highest BCUT2D eigenvalue weighted by Crippen LogP contribution is 2.06. The lowest BCUT2D eigenvalue weighted by Crippen LogP contribution is -2.33. The van der Waals surface area contributed by atoms with E-state index in [2.05, 4.69) is 15.6 Å². The van der Waals surface area contributed by atoms with Crippen LogP contribution in [0, 0.1) is 0 Å². The highest BCUT2D eigenvalue weighted by Gasteiger charge is 2.16. The van der Waals surface area contributed by atoms with Gasteiger partial charge in [-0.05, 0) is 54.4 Å². The summed E-state index contributed by atoms with van der Waals surface area (Å²) in [5.41, 5.74) is -0.998. The number of carbonyl (C=O) groups is 3. The molecule has 0 unspecified atom stereocenters. The number of carboxylic acids is 1. The highest BCUT2D eigenvalue weighted by molar-refractivity contribution is 5.68. The van der Waals surface area contributed by atoms with Crippen LogP contribution in [-0.4, -0.2) is 60.2 Å². The first-order valence-corrected chi connectivity index (χ1v) is 8.96. The molecule has 0 aromatic carbocycles. The van der Waals surface area contributed by atoms with Crippen molar-refractivity contribution in [3.8, 4) is 0 Å². The summed E-state index contributed by atoms with van der Waals surface area (Å²) in [6.07, 6.45) is 1.53. The van der Waals surface area contributed by atoms with Gasteiger partial charge in [-0.25, -0.2) is 19.4 Å². The second-order valence-corrected chi connectivity index (χ2v) is 7.68. The molecule has 0 aliphatic rings. The van der Waals surface area contributed by atoms with Crippen molar-refractivity contribution in [1.82, 2.24) is 10.6 Å². The van der Waals surface area contributed by atoms with Crippen molar-refractivity contribution in [3.05, 3.63) is 0 Å². The second kappa shape index (κ2) is 14.4. The summed E-state index contributed by atoms with van der Waals surface area (Å²) >= 11 is 0. The third-order valence-corrected chi connectivity index (χ3v) is 2.42. The number of alkyl carbamates (subject to hydrolysis) is 2. The van der Waals surface area contributed by atoms with Crippen LogP contribution < -0.4 is 10.6 Å². The van der Waals surface area contributed by atoms with Crippen LogP contribution in [0.5, 0.6) is 0 Å². The zero-order valence-electron chi connectivity index (χ0n) is 17.6. The van der Waals surface area contributed by atoms with Crippen molar-refractivity contribution < 1.29 is 33.8 Å². The molecule has 0 bridgehead atoms. The van der Waals surface area contributed by atoms with Crippen LogP contribution in [-0.2, 0) is 19.1 Å². The van der Waals surface area contributed by atoms with Gasteiger partial charge in [0.1, 0.15) is 11.2 Å². The minimum Gasteiger partial charge on any atom is -0.481 e. The lowest BCUT2D eigenvalue weighted by molar-refractivity contribution is -0.137. The quantitative estimate of drug-likeness (QED) is 0.321. The molecule has 0 saturated carbocycles. The minimum absolute atomic E-state index is 0.0514. The van der Waals surface area contributed by atoms with Gasteiger partial charge in [0.2, 0.25) is 6.08 Å². The van der Waals surface area contributed by atoms with Crippen LogP contribution in [0.15, 0.2) is 4.99 Å². The largest absolute Gasteiger partial charge is 0.481 e. The average molecular weight is 403 g/mol. The van der Waals surface area contributed by atoms with Gasteiger partial charge in [-0.2, -0.15) is 0 Å². The summed E-state index contributed by atoms with van der Waals surface area (Å²) in [6, 6.07) is 0. The van der Waals surface area contributed by atoms with E-state index in [1.165, 1.54) is 6.08 Å². The van der Waals surface area contributed by atoms with Crippen molar-refractivity contribution >= 4 is 24.2 Å². The zero-order valence-corrected chi connectivity index (χ0v) is 17.6. The molecule has 0 radical (unpaired) electrons. The van der Waals surface area contributed by atoms with Gasteiger partial charge in [0.15, 0.2) is 0 Å². The Bertz CT molecular complexity index is 496. The molecule has 0 saturated heterocycles. The molecule has 0 fully saturated rings. The predicted molar refractivity (Wildman–Crippen MR) is 103 cm³/mol. The van der Waals surface area contributed by atoms with Gasteiger partial charge in [-0.15, -0.1) is 0 Å². The Balaban J connectivity index is 0. The number of ether oxygens (including phenoxy) is 2. The molecule has 0 aliphatic heterocycles. The van der Waals surface area contributed by atoms with Gasteiger partial charge < -0.3 is 25.2 Å². The molecule has 0 heterocycles. The number of hydrogen-bond donors (Lipinski definition) is 3. The summed E-state index contributed by atoms with van der Waals surface area (Å²) in [5, 5.41) is 13.3. The van der Waals surface area contributed by atoms with E-state index in [-0.39, 0.29) is 6.42 Å². The normalized spacial score (nSPS) is 10.5. The summed E-state index contributed by atoms with van der Waals surface area (Å²) in [6.45, 7) is 11.8. The van der Waals surface area contributed by atoms with E-state index >= 15 is 0 Å². The maximum absolute atomic E-state index is 11.1. The molecular weight excluding hydrogens is 370 g/mol. The topological polar surface area (TPSA) is 143 Å². The Morgan fingerprint density at radius 2 is 1.32 bits per heavy atom. The summed E-state index contributed by atoms with van der Waals surface area (Å²) in [7, 11) is 0. The van der Waals surface area contributed by atoms with Crippen LogP contribution in [0.4, 0.5) is 9.59 Å². The van der Waals surface area contributed by atoms with Gasteiger partial charge in [0.05, 0.1) is 6.54 Å². The number of rotatable bonds is 8. The van der Waals surface area contributed by atoms with Crippen LogP contribution in [0.25, 0.3) is 0 Å². The fraction of sp³-hybridized carbons (Fsp3) is 0.778. The van der Waals surface area contributed by atoms with Gasteiger partial charge in [0, 0.05) is 19.5 Å². The van der Waals surface area contributed by atoms with Crippen LogP contribution >= 0.6 is 0 Å². The highest BCUT2D eigenvalue weighted by atomic mass is 16.6. The third-order valence-electron chi connectivity index (χ3n) is 2.42. The molecule has 162 valence electrons. The van der Waals surface area contributed by atoms with E-state index in [0.717, 1.165) is 0 Å². The molecule has 0 aromatic rings. The van der Waals surface area contributed by atoms with Crippen molar-refractivity contribution in [2.45, 2.75) is 72.0 Å². The molecular formula is C18H33N3O7. The van der Waals surface area contributed by atoms with Crippen molar-refractivity contribution in [2.24, 2.45) is 4.99 Å². The zero-order chi connectivity index (χ0) is 22.2. The molecule has 0 spiro atoms. The number of carboxylic acid groups (broad SMARTS) is 1. The smallest absolute Gasteiger partial charge is 0.407 e. The van der Waals surface area contributed by atoms with E-state index < -0.39 is 29.4 Å². The maximum Gasteiger partial charge on any atom is 0.407 e. The number of aliphatic carboxylic acids is 1. The van der Waals surface area contributed by atoms with E-state index in [0.29, 0.717) is 32.5 Å². The Morgan fingerprint density at radius 3 is 1.68 bits per heavy atom. The summed E-state index contributed by atoms with van der Waals surface area (Å²) in [4.78, 5) is 45.2. The molecule has 0 aromatic heterocycles. The van der Waals surface area contributed by atoms with Crippen molar-refractivity contribution in [1.29, 1.82) is 0 Å². The van der Waals surface area contributed by atoms with Crippen LogP contribution in [0.2, 0.25) is 0 Å². The van der Waals surface area contributed by atoms with Gasteiger partial charge in [-0.1, -0.05) is 0 Å². The monoisotopic (exact) mass is 403 g/mol. The number of aliphatic imine (C=N–C) groups is 1. The van der Waals surface area contributed by atoms with E-state index in [1.807, 2.05) is 0 Å². The van der Waals surface area contributed by atoms with Gasteiger partial charge >= 0.3 is 18.2 Å². The molecule has 0 rings (SSSR count). The standard InChI is InChI=1S/C9H16N2O3.C9H17NO4/c1-9(2,3)14-8(13)11-6-4-5-10-7-12;1-9(2,3)14-8(13)10-6-4-5-7(11)12/h4-6H2,1-3H3,(H,11,13);4-6H2,1-3H3,(H,10,13)(H,11,12). The second-order valence-electron chi connectivity index (χ2n) is 7.68. The first-order valence-electron chi connectivity index (χ1n) is 8.96. The molecule has 3 N–H and O–H groups in total. The molecule has 28 heavy (non-hydrogen) atoms. The summed E-state index contributed by atoms with van der Waals surface area (Å²) in [5.74, 6) is -0.865. The fourth-order valence-corrected chi connectivity index (χ4v) is 1.45. The van der Waals surface area contributed by atoms with E-state index in [1.54, 1.807) is 41.5 Å². The Hall–Kier alpha value is -2.61. The third kappa shape index (κ3) is 25.6. The molecule has 10 heteroatoms. The maximum atomic E-state index is 11.1. The molecule has 10 nitrogen and oxygen atoms in total. The predicted octanol–water partition coefficient (Wildman–Crippen LogP) is 2.61. The number of hydrogen-bond acceptors (Lipinski definition) is 7. The van der Waals surface area contributed by atoms with Gasteiger partial charge in [0.25, 0.3) is 0 Å². The SMILES string of the molecule is CC(C)(C)OC(=O)NCCCC(=O)O.CC(C)(C)OC(=O)NCCCN=C=O. The molecule has 0 atom stereocenters. The Labute approximate surface area is 166 Å². The number of carbonyl (C=O) groups excluding carboxylic acids is 3. The number of isocyanates is 1. The average Bonchev–Trinajstić information content (AvgIpc) is 2.48. The molecule has 2 amide bonds. The first kappa shape index (κ1) is 27.6. The lowest BCUT2D eigenvalue weighted by Gasteiger charge is -2.19. The number of nitrogens with zero attached hydrogens (tertiary/aromatic N) is 1. The van der Waals surface area contributed by atoms with Crippen molar-refractivity contribution in [3.63, 3.8) is 0 Å². The van der Waals surface area contributed by atoms with Gasteiger partial charge in [-0.3, -0.25) is 4.79 Å². The lowest BCUT2D eigenvalue weighted by atomic mass is 10.2. The van der Waals surface area contributed by atoms with E-state index in [4.69, 9.17) is 14.6 Å². The van der Waals surface area contributed by atoms with Crippen molar-refractivity contribution in [2.75, 3.05) is 19.6 Å². The number of nitrogens with one attached hydrogen (secondary N) is 2. The Kier molecular flexibility index (Phi) is 14.2. The minimum atomic E-state index is -0.865. The van der Waals surface area contributed by atoms with Crippen LogP contribution in [0.3, 0.4) is 0 Å². The number of amides is 2. The summed E-state index contributed by atoms with van der Waals surface area (Å²) < 4.78 is 9.93. The first-order chi connectivity index (χ1) is 12.8. The fourth-order valence-electron chi connectivity index (χ4n) is 1.45. The molecule has 0 aliphatic carbocycles. The van der Waals surface area contributed by atoms with Crippen LogP contribution in [0.1, 0.15) is 60.8 Å².